The number of methoxy groups -OCH3 is 1. The third-order valence-electron chi connectivity index (χ3n) is 3.99. The number of hydrogen-bond acceptors (Lipinski definition) is 7. The molecule has 3 aromatic rings. The topological polar surface area (TPSA) is 67.3 Å². The summed E-state index contributed by atoms with van der Waals surface area (Å²) in [6.07, 6.45) is 0. The van der Waals surface area contributed by atoms with Crippen LogP contribution in [0.3, 0.4) is 0 Å². The van der Waals surface area contributed by atoms with Crippen LogP contribution in [0.25, 0.3) is 0 Å². The molecule has 0 bridgehead atoms. The normalized spacial score (nSPS) is 10.5. The van der Waals surface area contributed by atoms with Crippen molar-refractivity contribution in [3.63, 3.8) is 0 Å². The molecule has 28 heavy (non-hydrogen) atoms. The molecule has 2 aromatic carbocycles. The molecule has 146 valence electrons. The van der Waals surface area contributed by atoms with Gasteiger partial charge in [-0.15, -0.1) is 10.2 Å². The Hall–Kier alpha value is -2.58. The zero-order valence-corrected chi connectivity index (χ0v) is 17.4. The summed E-state index contributed by atoms with van der Waals surface area (Å²) >= 11 is 2.86. The second kappa shape index (κ2) is 10.1. The lowest BCUT2D eigenvalue weighted by Crippen LogP contribution is -2.27. The second-order valence-corrected chi connectivity index (χ2v) is 8.30. The minimum absolute atomic E-state index is 0.0433. The molecule has 8 heteroatoms. The number of aromatic nitrogens is 2. The number of nitrogens with one attached hydrogen (secondary N) is 1. The predicted octanol–water partition coefficient (Wildman–Crippen LogP) is 3.91. The van der Waals surface area contributed by atoms with Gasteiger partial charge in [-0.2, -0.15) is 0 Å². The molecule has 6 nitrogen and oxygen atoms in total. The Bertz CT molecular complexity index is 902. The zero-order chi connectivity index (χ0) is 19.8. The van der Waals surface area contributed by atoms with Crippen LogP contribution in [-0.2, 0) is 17.9 Å². The molecule has 0 atom stereocenters. The van der Waals surface area contributed by atoms with E-state index >= 15 is 0 Å². The number of carbonyl (C=O) groups excluding carboxylic acids is 1. The Kier molecular flexibility index (Phi) is 7.27. The van der Waals surface area contributed by atoms with Gasteiger partial charge in [-0.1, -0.05) is 65.6 Å². The van der Waals surface area contributed by atoms with E-state index in [1.54, 1.807) is 19.1 Å². The molecule has 0 saturated carbocycles. The first-order valence-corrected chi connectivity index (χ1v) is 10.6. The number of rotatable bonds is 9. The Morgan fingerprint density at radius 2 is 1.93 bits per heavy atom. The number of anilines is 1. The second-order valence-electron chi connectivity index (χ2n) is 6.10. The Labute approximate surface area is 172 Å². The van der Waals surface area contributed by atoms with E-state index in [1.807, 2.05) is 42.5 Å². The summed E-state index contributed by atoms with van der Waals surface area (Å²) in [5.41, 5.74) is 2.21. The Morgan fingerprint density at radius 1 is 1.14 bits per heavy atom. The van der Waals surface area contributed by atoms with Crippen molar-refractivity contribution in [2.45, 2.75) is 17.4 Å². The summed E-state index contributed by atoms with van der Waals surface area (Å²) in [6.45, 7) is 1.24. The van der Waals surface area contributed by atoms with Crippen LogP contribution < -0.4 is 10.1 Å². The van der Waals surface area contributed by atoms with Gasteiger partial charge in [0, 0.05) is 20.1 Å². The van der Waals surface area contributed by atoms with Gasteiger partial charge in [0.25, 0.3) is 0 Å². The quantitative estimate of drug-likeness (QED) is 0.536. The van der Waals surface area contributed by atoms with Gasteiger partial charge < -0.3 is 15.0 Å². The lowest BCUT2D eigenvalue weighted by molar-refractivity contribution is -0.127. The van der Waals surface area contributed by atoms with Gasteiger partial charge in [0.15, 0.2) is 4.34 Å². The van der Waals surface area contributed by atoms with E-state index in [-0.39, 0.29) is 5.91 Å². The average molecular weight is 415 g/mol. The molecule has 1 amide bonds. The van der Waals surface area contributed by atoms with E-state index in [2.05, 4.69) is 27.6 Å². The maximum atomic E-state index is 12.4. The molecule has 0 aliphatic rings. The van der Waals surface area contributed by atoms with Crippen molar-refractivity contribution >= 4 is 34.1 Å². The van der Waals surface area contributed by atoms with Gasteiger partial charge in [-0.3, -0.25) is 4.79 Å². The Balaban J connectivity index is 1.45. The van der Waals surface area contributed by atoms with Crippen LogP contribution in [0.5, 0.6) is 5.75 Å². The molecular formula is C20H22N4O2S2. The van der Waals surface area contributed by atoms with E-state index in [4.69, 9.17) is 4.74 Å². The highest BCUT2D eigenvalue weighted by Crippen LogP contribution is 2.26. The van der Waals surface area contributed by atoms with E-state index < -0.39 is 0 Å². The number of nitrogens with zero attached hydrogens (tertiary/aromatic N) is 3. The highest BCUT2D eigenvalue weighted by Gasteiger charge is 2.13. The van der Waals surface area contributed by atoms with Crippen molar-refractivity contribution in [3.05, 3.63) is 65.7 Å². The van der Waals surface area contributed by atoms with Crippen molar-refractivity contribution < 1.29 is 9.53 Å². The van der Waals surface area contributed by atoms with Gasteiger partial charge in [0.05, 0.1) is 12.9 Å². The van der Waals surface area contributed by atoms with Crippen molar-refractivity contribution in [2.75, 3.05) is 25.2 Å². The molecular weight excluding hydrogens is 392 g/mol. The molecule has 0 aliphatic heterocycles. The molecule has 0 saturated heterocycles. The molecule has 1 N–H and O–H groups in total. The van der Waals surface area contributed by atoms with Crippen LogP contribution in [0, 0.1) is 0 Å². The van der Waals surface area contributed by atoms with Crippen molar-refractivity contribution in [2.24, 2.45) is 0 Å². The van der Waals surface area contributed by atoms with E-state index in [0.717, 1.165) is 20.8 Å². The smallest absolute Gasteiger partial charge is 0.233 e. The molecule has 1 aromatic heterocycles. The summed E-state index contributed by atoms with van der Waals surface area (Å²) in [5.74, 6) is 1.16. The summed E-state index contributed by atoms with van der Waals surface area (Å²) in [7, 11) is 3.44. The molecule has 0 radical (unpaired) electrons. The summed E-state index contributed by atoms with van der Waals surface area (Å²) in [6, 6.07) is 17.8. The highest BCUT2D eigenvalue weighted by atomic mass is 32.2. The maximum Gasteiger partial charge on any atom is 0.233 e. The van der Waals surface area contributed by atoms with E-state index in [1.165, 1.54) is 28.7 Å². The Morgan fingerprint density at radius 3 is 2.71 bits per heavy atom. The van der Waals surface area contributed by atoms with Gasteiger partial charge in [-0.05, 0) is 23.3 Å². The predicted molar refractivity (Wildman–Crippen MR) is 114 cm³/mol. The number of amides is 1. The van der Waals surface area contributed by atoms with E-state index in [9.17, 15) is 4.79 Å². The largest absolute Gasteiger partial charge is 0.497 e. The lowest BCUT2D eigenvalue weighted by atomic mass is 10.2. The van der Waals surface area contributed by atoms with Gasteiger partial charge in [0.1, 0.15) is 5.75 Å². The number of carbonyl (C=O) groups is 1. The third kappa shape index (κ3) is 5.97. The molecule has 0 unspecified atom stereocenters. The fourth-order valence-corrected chi connectivity index (χ4v) is 4.17. The highest BCUT2D eigenvalue weighted by molar-refractivity contribution is 8.01. The third-order valence-corrected chi connectivity index (χ3v) is 5.99. The van der Waals surface area contributed by atoms with Crippen molar-refractivity contribution in [3.8, 4) is 5.75 Å². The van der Waals surface area contributed by atoms with Crippen LogP contribution in [0.2, 0.25) is 0 Å². The molecule has 0 spiro atoms. The molecule has 3 rings (SSSR count). The monoisotopic (exact) mass is 414 g/mol. The minimum atomic E-state index is 0.0433. The minimum Gasteiger partial charge on any atom is -0.497 e. The number of benzene rings is 2. The van der Waals surface area contributed by atoms with E-state index in [0.29, 0.717) is 18.8 Å². The fraction of sp³-hybridized carbons (Fsp3) is 0.250. The number of hydrogen-bond donors (Lipinski definition) is 1. The summed E-state index contributed by atoms with van der Waals surface area (Å²) in [5, 5.41) is 12.3. The average Bonchev–Trinajstić information content (AvgIpc) is 3.19. The molecule has 1 heterocycles. The maximum absolute atomic E-state index is 12.4. The van der Waals surface area contributed by atoms with Crippen LogP contribution in [0.1, 0.15) is 11.1 Å². The van der Waals surface area contributed by atoms with Crippen LogP contribution in [0.15, 0.2) is 58.9 Å². The van der Waals surface area contributed by atoms with Crippen LogP contribution in [0.4, 0.5) is 5.13 Å². The lowest BCUT2D eigenvalue weighted by Gasteiger charge is -2.17. The van der Waals surface area contributed by atoms with Gasteiger partial charge in [0.2, 0.25) is 11.0 Å². The summed E-state index contributed by atoms with van der Waals surface area (Å²) < 4.78 is 6.00. The fourth-order valence-electron chi connectivity index (χ4n) is 2.48. The standard InChI is InChI=1S/C20H22N4O2S2/c1-24(13-16-9-6-10-17(11-16)26-2)18(25)14-27-20-23-22-19(28-20)21-12-15-7-4-3-5-8-15/h3-11H,12-14H2,1-2H3,(H,21,22). The van der Waals surface area contributed by atoms with Crippen molar-refractivity contribution in [1.82, 2.24) is 15.1 Å². The number of thioether (sulfide) groups is 1. The first-order chi connectivity index (χ1) is 13.6. The first kappa shape index (κ1) is 20.2. The zero-order valence-electron chi connectivity index (χ0n) is 15.8. The summed E-state index contributed by atoms with van der Waals surface area (Å²) in [4.78, 5) is 14.1. The SMILES string of the molecule is COc1cccc(CN(C)C(=O)CSc2nnc(NCc3ccccc3)s2)c1. The van der Waals surface area contributed by atoms with Crippen molar-refractivity contribution in [1.29, 1.82) is 0 Å². The van der Waals surface area contributed by atoms with Gasteiger partial charge >= 0.3 is 0 Å². The number of ether oxygens (including phenoxy) is 1. The van der Waals surface area contributed by atoms with Crippen LogP contribution >= 0.6 is 23.1 Å². The van der Waals surface area contributed by atoms with Gasteiger partial charge in [-0.25, -0.2) is 0 Å². The van der Waals surface area contributed by atoms with Crippen LogP contribution in [-0.4, -0.2) is 40.9 Å². The molecule has 0 fully saturated rings. The first-order valence-electron chi connectivity index (χ1n) is 8.75. The molecule has 0 aliphatic carbocycles.